The molecule has 0 radical (unpaired) electrons. The summed E-state index contributed by atoms with van der Waals surface area (Å²) in [6, 6.07) is 5.50. The lowest BCUT2D eigenvalue weighted by molar-refractivity contribution is -0.142. The van der Waals surface area contributed by atoms with Crippen LogP contribution in [0.4, 0.5) is 9.18 Å². The average Bonchev–Trinajstić information content (AvgIpc) is 2.48. The third kappa shape index (κ3) is 4.44. The number of carbonyl (C=O) groups excluding carboxylic acids is 1. The topological polar surface area (TPSA) is 78.4 Å². The van der Waals surface area contributed by atoms with Gasteiger partial charge in [-0.2, -0.15) is 0 Å². The molecule has 1 aliphatic carbocycles. The van der Waals surface area contributed by atoms with E-state index >= 15 is 0 Å². The van der Waals surface area contributed by atoms with Gasteiger partial charge in [-0.3, -0.25) is 4.79 Å². The van der Waals surface area contributed by atoms with Crippen LogP contribution in [0.25, 0.3) is 0 Å². The molecule has 2 amide bonds. The molecule has 2 rings (SSSR count). The summed E-state index contributed by atoms with van der Waals surface area (Å²) in [5, 5.41) is 14.6. The lowest BCUT2D eigenvalue weighted by Crippen LogP contribution is -2.44. The molecular weight excluding hydrogens is 287 g/mol. The minimum atomic E-state index is -0.757. The van der Waals surface area contributed by atoms with Gasteiger partial charge >= 0.3 is 12.0 Å². The SMILES string of the molecule is C[C@@H](NC(=O)NC1CCC(C(=O)O)CC1)c1ccc(F)cc1. The molecule has 0 spiro atoms. The Kier molecular flexibility index (Phi) is 5.35. The largest absolute Gasteiger partial charge is 0.481 e. The van der Waals surface area contributed by atoms with Crippen LogP contribution in [0.3, 0.4) is 0 Å². The summed E-state index contributed by atoms with van der Waals surface area (Å²) in [6.07, 6.45) is 2.53. The van der Waals surface area contributed by atoms with Gasteiger partial charge in [0.05, 0.1) is 12.0 Å². The molecule has 0 bridgehead atoms. The van der Waals surface area contributed by atoms with Crippen LogP contribution >= 0.6 is 0 Å². The minimum absolute atomic E-state index is 0.0102. The van der Waals surface area contributed by atoms with Crippen molar-refractivity contribution in [1.29, 1.82) is 0 Å². The number of aliphatic carboxylic acids is 1. The first-order valence-corrected chi connectivity index (χ1v) is 7.51. The molecule has 0 unspecified atom stereocenters. The van der Waals surface area contributed by atoms with Gasteiger partial charge in [0, 0.05) is 6.04 Å². The normalized spacial score (nSPS) is 22.6. The molecule has 3 N–H and O–H groups in total. The molecule has 22 heavy (non-hydrogen) atoms. The Morgan fingerprint density at radius 1 is 1.18 bits per heavy atom. The highest BCUT2D eigenvalue weighted by Gasteiger charge is 2.26. The Morgan fingerprint density at radius 3 is 2.32 bits per heavy atom. The average molecular weight is 308 g/mol. The summed E-state index contributed by atoms with van der Waals surface area (Å²) in [5.74, 6) is -1.36. The quantitative estimate of drug-likeness (QED) is 0.800. The standard InChI is InChI=1S/C16H21FN2O3/c1-10(11-2-6-13(17)7-3-11)18-16(22)19-14-8-4-12(5-9-14)15(20)21/h2-3,6-7,10,12,14H,4-5,8-9H2,1H3,(H,20,21)(H2,18,19,22)/t10-,12?,14?/m1/s1. The molecule has 0 saturated heterocycles. The summed E-state index contributed by atoms with van der Waals surface area (Å²) in [6.45, 7) is 1.83. The summed E-state index contributed by atoms with van der Waals surface area (Å²) in [4.78, 5) is 22.8. The molecule has 0 aliphatic heterocycles. The van der Waals surface area contributed by atoms with Crippen LogP contribution in [-0.4, -0.2) is 23.1 Å². The fourth-order valence-corrected chi connectivity index (χ4v) is 2.74. The van der Waals surface area contributed by atoms with E-state index in [9.17, 15) is 14.0 Å². The zero-order chi connectivity index (χ0) is 16.1. The lowest BCUT2D eigenvalue weighted by atomic mass is 9.86. The number of nitrogens with one attached hydrogen (secondary N) is 2. The van der Waals surface area contributed by atoms with Crippen LogP contribution in [-0.2, 0) is 4.79 Å². The van der Waals surface area contributed by atoms with Crippen molar-refractivity contribution in [3.63, 3.8) is 0 Å². The van der Waals surface area contributed by atoms with Crippen LogP contribution in [0.5, 0.6) is 0 Å². The number of rotatable bonds is 4. The summed E-state index contributed by atoms with van der Waals surface area (Å²) >= 11 is 0. The first kappa shape index (κ1) is 16.3. The maximum absolute atomic E-state index is 12.9. The number of amides is 2. The Labute approximate surface area is 128 Å². The van der Waals surface area contributed by atoms with Crippen LogP contribution in [0.2, 0.25) is 0 Å². The van der Waals surface area contributed by atoms with Crippen LogP contribution in [0.15, 0.2) is 24.3 Å². The van der Waals surface area contributed by atoms with Crippen molar-refractivity contribution >= 4 is 12.0 Å². The van der Waals surface area contributed by atoms with Gasteiger partial charge < -0.3 is 15.7 Å². The number of hydrogen-bond donors (Lipinski definition) is 3. The van der Waals surface area contributed by atoms with Crippen molar-refractivity contribution < 1.29 is 19.1 Å². The molecule has 6 heteroatoms. The van der Waals surface area contributed by atoms with E-state index in [1.807, 2.05) is 6.92 Å². The Hall–Kier alpha value is -2.11. The molecule has 120 valence electrons. The molecule has 1 aromatic carbocycles. The van der Waals surface area contributed by atoms with Crippen molar-refractivity contribution in [3.8, 4) is 0 Å². The predicted octanol–water partition coefficient (Wildman–Crippen LogP) is 2.83. The highest BCUT2D eigenvalue weighted by atomic mass is 19.1. The number of hydrogen-bond acceptors (Lipinski definition) is 2. The number of halogens is 1. The fourth-order valence-electron chi connectivity index (χ4n) is 2.74. The third-order valence-corrected chi connectivity index (χ3v) is 4.13. The van der Waals surface area contributed by atoms with Crippen molar-refractivity contribution in [2.75, 3.05) is 0 Å². The Balaban J connectivity index is 1.78. The van der Waals surface area contributed by atoms with E-state index in [2.05, 4.69) is 10.6 Å². The highest BCUT2D eigenvalue weighted by molar-refractivity contribution is 5.75. The molecule has 1 atom stereocenters. The van der Waals surface area contributed by atoms with E-state index in [0.29, 0.717) is 25.7 Å². The molecule has 5 nitrogen and oxygen atoms in total. The monoisotopic (exact) mass is 308 g/mol. The minimum Gasteiger partial charge on any atom is -0.481 e. The first-order chi connectivity index (χ1) is 10.5. The van der Waals surface area contributed by atoms with Gasteiger partial charge in [0.15, 0.2) is 0 Å². The van der Waals surface area contributed by atoms with E-state index in [1.54, 1.807) is 12.1 Å². The molecule has 0 heterocycles. The van der Waals surface area contributed by atoms with E-state index in [0.717, 1.165) is 5.56 Å². The number of carboxylic acid groups (broad SMARTS) is 1. The zero-order valence-electron chi connectivity index (χ0n) is 12.5. The molecule has 1 fully saturated rings. The van der Waals surface area contributed by atoms with Crippen LogP contribution < -0.4 is 10.6 Å². The highest BCUT2D eigenvalue weighted by Crippen LogP contribution is 2.24. The van der Waals surface area contributed by atoms with Gasteiger partial charge in [0.25, 0.3) is 0 Å². The van der Waals surface area contributed by atoms with Crippen molar-refractivity contribution in [2.45, 2.75) is 44.7 Å². The van der Waals surface area contributed by atoms with E-state index in [4.69, 9.17) is 5.11 Å². The second-order valence-electron chi connectivity index (χ2n) is 5.78. The van der Waals surface area contributed by atoms with Gasteiger partial charge in [-0.15, -0.1) is 0 Å². The van der Waals surface area contributed by atoms with Crippen molar-refractivity contribution in [3.05, 3.63) is 35.6 Å². The second kappa shape index (κ2) is 7.24. The molecule has 1 aliphatic rings. The second-order valence-corrected chi connectivity index (χ2v) is 5.78. The number of carboxylic acids is 1. The van der Waals surface area contributed by atoms with Crippen molar-refractivity contribution in [2.24, 2.45) is 5.92 Å². The lowest BCUT2D eigenvalue weighted by Gasteiger charge is -2.27. The van der Waals surface area contributed by atoms with Gasteiger partial charge in [-0.1, -0.05) is 12.1 Å². The number of urea groups is 1. The molecular formula is C16H21FN2O3. The Bertz CT molecular complexity index is 525. The van der Waals surface area contributed by atoms with E-state index in [-0.39, 0.29) is 29.8 Å². The summed E-state index contributed by atoms with van der Waals surface area (Å²) < 4.78 is 12.9. The Morgan fingerprint density at radius 2 is 1.77 bits per heavy atom. The molecule has 1 saturated carbocycles. The van der Waals surface area contributed by atoms with Gasteiger partial charge in [0.2, 0.25) is 0 Å². The molecule has 1 aromatic rings. The van der Waals surface area contributed by atoms with Gasteiger partial charge in [0.1, 0.15) is 5.82 Å². The van der Waals surface area contributed by atoms with E-state index in [1.165, 1.54) is 12.1 Å². The smallest absolute Gasteiger partial charge is 0.315 e. The molecule has 0 aromatic heterocycles. The van der Waals surface area contributed by atoms with Gasteiger partial charge in [-0.05, 0) is 50.3 Å². The first-order valence-electron chi connectivity index (χ1n) is 7.51. The van der Waals surface area contributed by atoms with Crippen LogP contribution in [0.1, 0.15) is 44.2 Å². The zero-order valence-corrected chi connectivity index (χ0v) is 12.5. The maximum Gasteiger partial charge on any atom is 0.315 e. The van der Waals surface area contributed by atoms with Crippen molar-refractivity contribution in [1.82, 2.24) is 10.6 Å². The maximum atomic E-state index is 12.9. The van der Waals surface area contributed by atoms with Gasteiger partial charge in [-0.25, -0.2) is 9.18 Å². The summed E-state index contributed by atoms with van der Waals surface area (Å²) in [7, 11) is 0. The van der Waals surface area contributed by atoms with Crippen LogP contribution in [0, 0.1) is 11.7 Å². The number of carbonyl (C=O) groups is 2. The summed E-state index contributed by atoms with van der Waals surface area (Å²) in [5.41, 5.74) is 0.825. The van der Waals surface area contributed by atoms with E-state index < -0.39 is 5.97 Å². The predicted molar refractivity (Wildman–Crippen MR) is 79.9 cm³/mol. The number of benzene rings is 1. The third-order valence-electron chi connectivity index (χ3n) is 4.13. The fraction of sp³-hybridized carbons (Fsp3) is 0.500.